The van der Waals surface area contributed by atoms with Crippen molar-refractivity contribution in [2.75, 3.05) is 31.3 Å². The zero-order chi connectivity index (χ0) is 21.1. The van der Waals surface area contributed by atoms with Gasteiger partial charge in [0.2, 0.25) is 0 Å². The van der Waals surface area contributed by atoms with Gasteiger partial charge in [-0.2, -0.15) is 5.10 Å². The number of nitrogens with one attached hydrogen (secondary N) is 3. The minimum Gasteiger partial charge on any atom is -0.353 e. The van der Waals surface area contributed by atoms with Crippen LogP contribution in [0.3, 0.4) is 0 Å². The van der Waals surface area contributed by atoms with Gasteiger partial charge in [-0.15, -0.1) is 0 Å². The topological polar surface area (TPSA) is 96.3 Å². The summed E-state index contributed by atoms with van der Waals surface area (Å²) in [6.07, 6.45) is 3.37. The second kappa shape index (κ2) is 8.70. The quantitative estimate of drug-likeness (QED) is 0.520. The molecule has 0 unspecified atom stereocenters. The molecule has 0 atom stereocenters. The van der Waals surface area contributed by atoms with Crippen molar-refractivity contribution >= 4 is 40.4 Å². The number of hydrogen-bond acceptors (Lipinski definition) is 7. The maximum Gasteiger partial charge on any atom is 0.276 e. The number of nitrogens with zero attached hydrogens (tertiary/aromatic N) is 4. The highest BCUT2D eigenvalue weighted by Gasteiger charge is 2.19. The van der Waals surface area contributed by atoms with Crippen LogP contribution in [0.25, 0.3) is 0 Å². The fourth-order valence-electron chi connectivity index (χ4n) is 3.30. The van der Waals surface area contributed by atoms with Gasteiger partial charge >= 0.3 is 0 Å². The number of anilines is 4. The van der Waals surface area contributed by atoms with E-state index >= 15 is 0 Å². The highest BCUT2D eigenvalue weighted by molar-refractivity contribution is 6.33. The number of hydroxylamine groups is 1. The zero-order valence-corrected chi connectivity index (χ0v) is 17.4. The largest absolute Gasteiger partial charge is 0.353 e. The van der Waals surface area contributed by atoms with E-state index in [0.29, 0.717) is 27.8 Å². The summed E-state index contributed by atoms with van der Waals surface area (Å²) in [4.78, 5) is 23.6. The van der Waals surface area contributed by atoms with Crippen LogP contribution in [0.1, 0.15) is 16.1 Å². The highest BCUT2D eigenvalue weighted by atomic mass is 35.5. The number of carbonyl (C=O) groups is 1. The minimum absolute atomic E-state index is 0.361. The molecule has 30 heavy (non-hydrogen) atoms. The van der Waals surface area contributed by atoms with Crippen molar-refractivity contribution in [3.8, 4) is 0 Å². The Bertz CT molecular complexity index is 1070. The SMILES string of the molecule is CONC(=O)c1ccccc1Nc1cc(Nc2cnn3c2CN(C)CC3)ncc1Cl. The molecule has 9 nitrogen and oxygen atoms in total. The molecule has 4 rings (SSSR count). The molecule has 0 bridgehead atoms. The maximum atomic E-state index is 12.2. The highest BCUT2D eigenvalue weighted by Crippen LogP contribution is 2.30. The van der Waals surface area contributed by atoms with Crippen LogP contribution < -0.4 is 16.1 Å². The molecule has 1 aliphatic rings. The molecule has 0 saturated heterocycles. The molecule has 1 aromatic carbocycles. The van der Waals surface area contributed by atoms with Gasteiger partial charge in [-0.05, 0) is 19.2 Å². The van der Waals surface area contributed by atoms with E-state index in [1.807, 2.05) is 16.9 Å². The van der Waals surface area contributed by atoms with Crippen LogP contribution in [0, 0.1) is 0 Å². The molecule has 1 aliphatic heterocycles. The summed E-state index contributed by atoms with van der Waals surface area (Å²) in [5.41, 5.74) is 5.97. The summed E-state index contributed by atoms with van der Waals surface area (Å²) in [6.45, 7) is 2.63. The third kappa shape index (κ3) is 4.23. The average Bonchev–Trinajstić information content (AvgIpc) is 3.13. The molecule has 0 saturated carbocycles. The van der Waals surface area contributed by atoms with Crippen LogP contribution in [0.2, 0.25) is 5.02 Å². The number of likely N-dealkylation sites (N-methyl/N-ethyl adjacent to an activating group) is 1. The van der Waals surface area contributed by atoms with Gasteiger partial charge < -0.3 is 10.6 Å². The first-order valence-corrected chi connectivity index (χ1v) is 9.78. The zero-order valence-electron chi connectivity index (χ0n) is 16.6. The van der Waals surface area contributed by atoms with Gasteiger partial charge in [0.15, 0.2) is 0 Å². The molecule has 3 heterocycles. The Balaban J connectivity index is 1.58. The van der Waals surface area contributed by atoms with Gasteiger partial charge in [-0.25, -0.2) is 10.5 Å². The lowest BCUT2D eigenvalue weighted by atomic mass is 10.1. The second-order valence-corrected chi connectivity index (χ2v) is 7.35. The number of benzene rings is 1. The van der Waals surface area contributed by atoms with Crippen LogP contribution >= 0.6 is 11.6 Å². The number of fused-ring (bicyclic) bond motifs is 1. The summed E-state index contributed by atoms with van der Waals surface area (Å²) in [5.74, 6) is 0.254. The third-order valence-corrected chi connectivity index (χ3v) is 5.12. The molecule has 3 aromatic rings. The predicted octanol–water partition coefficient (Wildman–Crippen LogP) is 3.16. The second-order valence-electron chi connectivity index (χ2n) is 6.95. The Morgan fingerprint density at radius 2 is 1.97 bits per heavy atom. The Labute approximate surface area is 178 Å². The molecule has 3 N–H and O–H groups in total. The van der Waals surface area contributed by atoms with E-state index in [4.69, 9.17) is 16.4 Å². The van der Waals surface area contributed by atoms with E-state index in [1.54, 1.807) is 30.5 Å². The molecular weight excluding hydrogens is 406 g/mol. The fourth-order valence-corrected chi connectivity index (χ4v) is 3.45. The first kappa shape index (κ1) is 20.1. The average molecular weight is 428 g/mol. The van der Waals surface area contributed by atoms with Gasteiger partial charge in [0.25, 0.3) is 5.91 Å². The molecule has 10 heteroatoms. The Hall–Kier alpha value is -3.14. The van der Waals surface area contributed by atoms with Gasteiger partial charge in [0.1, 0.15) is 5.82 Å². The number of aromatic nitrogens is 3. The van der Waals surface area contributed by atoms with E-state index in [0.717, 1.165) is 31.0 Å². The normalized spacial score (nSPS) is 13.6. The number of rotatable bonds is 6. The van der Waals surface area contributed by atoms with Crippen LogP contribution in [-0.4, -0.2) is 46.3 Å². The standard InChI is InChI=1S/C20H22ClN7O2/c1-27-7-8-28-18(12-27)17(11-23-28)25-19-9-16(14(21)10-22-19)24-15-6-4-3-5-13(15)20(29)26-30-2/h3-6,9-11H,7-8,12H2,1-2H3,(H,26,29)(H2,22,24,25). The molecule has 156 valence electrons. The van der Waals surface area contributed by atoms with Crippen LogP contribution in [0.4, 0.5) is 22.9 Å². The van der Waals surface area contributed by atoms with E-state index in [-0.39, 0.29) is 5.91 Å². The number of halogens is 1. The van der Waals surface area contributed by atoms with Crippen molar-refractivity contribution in [3.05, 3.63) is 59.0 Å². The third-order valence-electron chi connectivity index (χ3n) is 4.82. The van der Waals surface area contributed by atoms with Crippen molar-refractivity contribution < 1.29 is 9.63 Å². The minimum atomic E-state index is -0.361. The summed E-state index contributed by atoms with van der Waals surface area (Å²) in [5, 5.41) is 11.4. The van der Waals surface area contributed by atoms with Gasteiger partial charge in [0.05, 0.1) is 59.4 Å². The van der Waals surface area contributed by atoms with Gasteiger partial charge in [-0.1, -0.05) is 23.7 Å². The lowest BCUT2D eigenvalue weighted by Crippen LogP contribution is -2.30. The smallest absolute Gasteiger partial charge is 0.276 e. The van der Waals surface area contributed by atoms with Crippen LogP contribution in [0.15, 0.2) is 42.7 Å². The molecule has 0 spiro atoms. The Kier molecular flexibility index (Phi) is 5.84. The summed E-state index contributed by atoms with van der Waals surface area (Å²) in [7, 11) is 3.47. The van der Waals surface area contributed by atoms with Crippen molar-refractivity contribution in [1.29, 1.82) is 0 Å². The number of para-hydroxylation sites is 1. The van der Waals surface area contributed by atoms with Crippen molar-refractivity contribution in [1.82, 2.24) is 25.1 Å². The van der Waals surface area contributed by atoms with Gasteiger partial charge in [-0.3, -0.25) is 19.2 Å². The van der Waals surface area contributed by atoms with Gasteiger partial charge in [0, 0.05) is 19.2 Å². The Morgan fingerprint density at radius 1 is 1.13 bits per heavy atom. The molecule has 1 amide bonds. The predicted molar refractivity (Wildman–Crippen MR) is 115 cm³/mol. The lowest BCUT2D eigenvalue weighted by Gasteiger charge is -2.24. The fraction of sp³-hybridized carbons (Fsp3) is 0.250. The first-order valence-electron chi connectivity index (χ1n) is 9.40. The monoisotopic (exact) mass is 427 g/mol. The molecular formula is C20H22ClN7O2. The molecule has 0 aliphatic carbocycles. The van der Waals surface area contributed by atoms with E-state index in [2.05, 4.69) is 38.1 Å². The number of carbonyl (C=O) groups excluding carboxylic acids is 1. The van der Waals surface area contributed by atoms with Crippen molar-refractivity contribution in [2.45, 2.75) is 13.1 Å². The lowest BCUT2D eigenvalue weighted by molar-refractivity contribution is 0.0538. The molecule has 0 radical (unpaired) electrons. The number of hydrogen-bond donors (Lipinski definition) is 3. The molecule has 0 fully saturated rings. The number of pyridine rings is 1. The van der Waals surface area contributed by atoms with Crippen molar-refractivity contribution in [2.24, 2.45) is 0 Å². The summed E-state index contributed by atoms with van der Waals surface area (Å²) < 4.78 is 2.00. The Morgan fingerprint density at radius 3 is 2.80 bits per heavy atom. The summed E-state index contributed by atoms with van der Waals surface area (Å²) in [6, 6.07) is 8.88. The van der Waals surface area contributed by atoms with E-state index < -0.39 is 0 Å². The molecule has 2 aromatic heterocycles. The first-order chi connectivity index (χ1) is 14.5. The number of amides is 1. The van der Waals surface area contributed by atoms with E-state index in [1.165, 1.54) is 7.11 Å². The van der Waals surface area contributed by atoms with Crippen LogP contribution in [0.5, 0.6) is 0 Å². The van der Waals surface area contributed by atoms with Crippen LogP contribution in [-0.2, 0) is 17.9 Å². The summed E-state index contributed by atoms with van der Waals surface area (Å²) >= 11 is 6.35. The van der Waals surface area contributed by atoms with Crippen molar-refractivity contribution in [3.63, 3.8) is 0 Å². The maximum absolute atomic E-state index is 12.2. The van der Waals surface area contributed by atoms with E-state index in [9.17, 15) is 4.79 Å².